The lowest BCUT2D eigenvalue weighted by Gasteiger charge is -2.06. The number of para-hydroxylation sites is 1. The summed E-state index contributed by atoms with van der Waals surface area (Å²) in [4.78, 5) is 23.0. The van der Waals surface area contributed by atoms with Gasteiger partial charge in [0.05, 0.1) is 22.6 Å². The zero-order valence-electron chi connectivity index (χ0n) is 18.7. The number of carbonyl (C=O) groups is 1. The van der Waals surface area contributed by atoms with Gasteiger partial charge in [0, 0.05) is 18.5 Å². The Balaban J connectivity index is 1.31. The van der Waals surface area contributed by atoms with E-state index in [0.717, 1.165) is 33.9 Å². The molecule has 4 rings (SSSR count). The van der Waals surface area contributed by atoms with Crippen LogP contribution in [0.1, 0.15) is 20.8 Å². The summed E-state index contributed by atoms with van der Waals surface area (Å²) in [7, 11) is 1.66. The van der Waals surface area contributed by atoms with Crippen LogP contribution >= 0.6 is 22.7 Å². The van der Waals surface area contributed by atoms with Crippen LogP contribution in [0.3, 0.4) is 0 Å². The molecule has 7 nitrogen and oxygen atoms in total. The van der Waals surface area contributed by atoms with Crippen molar-refractivity contribution in [2.45, 2.75) is 13.0 Å². The SMILES string of the molecule is COc1ccccc1CCN=C(N)Nc1nc(-c2ccc(C(=O)NCc3ccccc3)s2)cs1. The molecule has 0 aliphatic rings. The number of amides is 1. The Morgan fingerprint density at radius 3 is 2.71 bits per heavy atom. The fourth-order valence-electron chi connectivity index (χ4n) is 3.26. The van der Waals surface area contributed by atoms with Crippen LogP contribution in [-0.4, -0.2) is 30.5 Å². The van der Waals surface area contributed by atoms with Crippen LogP contribution in [0.5, 0.6) is 5.75 Å². The first-order valence-corrected chi connectivity index (χ1v) is 12.4. The number of carbonyl (C=O) groups excluding carboxylic acids is 1. The number of benzene rings is 2. The zero-order valence-corrected chi connectivity index (χ0v) is 20.3. The van der Waals surface area contributed by atoms with Crippen LogP contribution in [0.15, 0.2) is 77.1 Å². The minimum Gasteiger partial charge on any atom is -0.496 e. The molecule has 1 amide bonds. The minimum absolute atomic E-state index is 0.0971. The Morgan fingerprint density at radius 2 is 1.88 bits per heavy atom. The number of aromatic nitrogens is 1. The van der Waals surface area contributed by atoms with E-state index in [1.54, 1.807) is 7.11 Å². The highest BCUT2D eigenvalue weighted by Gasteiger charge is 2.13. The van der Waals surface area contributed by atoms with Crippen molar-refractivity contribution in [3.63, 3.8) is 0 Å². The van der Waals surface area contributed by atoms with E-state index < -0.39 is 0 Å². The maximum absolute atomic E-state index is 12.5. The van der Waals surface area contributed by atoms with Gasteiger partial charge in [-0.15, -0.1) is 22.7 Å². The average Bonchev–Trinajstić information content (AvgIpc) is 3.53. The third-order valence-electron chi connectivity index (χ3n) is 4.97. The predicted octanol–water partition coefficient (Wildman–Crippen LogP) is 4.78. The maximum atomic E-state index is 12.5. The Morgan fingerprint density at radius 1 is 1.09 bits per heavy atom. The molecule has 9 heteroatoms. The third-order valence-corrected chi connectivity index (χ3v) is 6.84. The van der Waals surface area contributed by atoms with E-state index in [4.69, 9.17) is 10.5 Å². The number of nitrogens with two attached hydrogens (primary N) is 1. The summed E-state index contributed by atoms with van der Waals surface area (Å²) in [5.74, 6) is 1.06. The zero-order chi connectivity index (χ0) is 23.8. The Kier molecular flexibility index (Phi) is 7.90. The summed E-state index contributed by atoms with van der Waals surface area (Å²) in [6, 6.07) is 21.4. The van der Waals surface area contributed by atoms with Gasteiger partial charge in [0.25, 0.3) is 5.91 Å². The number of thiophene rings is 1. The van der Waals surface area contributed by atoms with E-state index in [1.807, 2.05) is 72.1 Å². The molecule has 0 bridgehead atoms. The van der Waals surface area contributed by atoms with Crippen molar-refractivity contribution in [3.05, 3.63) is 88.1 Å². The topological polar surface area (TPSA) is 102 Å². The molecule has 2 heterocycles. The minimum atomic E-state index is -0.0971. The van der Waals surface area contributed by atoms with Crippen LogP contribution in [0, 0.1) is 0 Å². The number of nitrogens with one attached hydrogen (secondary N) is 2. The molecule has 0 unspecified atom stereocenters. The molecular formula is C25H25N5O2S2. The van der Waals surface area contributed by atoms with Crippen LogP contribution in [-0.2, 0) is 13.0 Å². The first-order valence-electron chi connectivity index (χ1n) is 10.7. The largest absolute Gasteiger partial charge is 0.496 e. The van der Waals surface area contributed by atoms with Crippen LogP contribution in [0.25, 0.3) is 10.6 Å². The van der Waals surface area contributed by atoms with Gasteiger partial charge in [-0.2, -0.15) is 0 Å². The lowest BCUT2D eigenvalue weighted by atomic mass is 10.1. The Hall–Kier alpha value is -3.69. The van der Waals surface area contributed by atoms with Crippen molar-refractivity contribution in [2.75, 3.05) is 19.0 Å². The standard InChI is InChI=1S/C25H25N5O2S2/c1-32-20-10-6-5-9-18(20)13-14-27-24(26)30-25-29-19(16-33-25)21-11-12-22(34-21)23(31)28-15-17-7-3-2-4-8-17/h2-12,16H,13-15H2,1H3,(H,28,31)(H3,26,27,29,30). The van der Waals surface area contributed by atoms with Crippen LogP contribution < -0.4 is 21.1 Å². The van der Waals surface area contributed by atoms with E-state index in [-0.39, 0.29) is 5.91 Å². The second kappa shape index (κ2) is 11.4. The average molecular weight is 492 g/mol. The number of hydrogen-bond donors (Lipinski definition) is 3. The normalized spacial score (nSPS) is 11.3. The van der Waals surface area contributed by atoms with Gasteiger partial charge in [-0.3, -0.25) is 9.79 Å². The molecule has 0 aliphatic carbocycles. The number of hydrogen-bond acceptors (Lipinski definition) is 6. The molecule has 4 aromatic rings. The number of thiazole rings is 1. The number of anilines is 1. The van der Waals surface area contributed by atoms with Crippen molar-refractivity contribution >= 4 is 39.7 Å². The lowest BCUT2D eigenvalue weighted by molar-refractivity contribution is 0.0955. The maximum Gasteiger partial charge on any atom is 0.261 e. The predicted molar refractivity (Wildman–Crippen MR) is 140 cm³/mol. The van der Waals surface area contributed by atoms with E-state index in [9.17, 15) is 4.79 Å². The third kappa shape index (κ3) is 6.21. The van der Waals surface area contributed by atoms with Crippen LogP contribution in [0.4, 0.5) is 5.13 Å². The Labute approximate surface area is 206 Å². The molecule has 0 atom stereocenters. The molecule has 0 spiro atoms. The van der Waals surface area contributed by atoms with E-state index in [0.29, 0.717) is 29.1 Å². The van der Waals surface area contributed by atoms with E-state index in [2.05, 4.69) is 20.6 Å². The molecule has 2 aromatic carbocycles. The fourth-order valence-corrected chi connectivity index (χ4v) is 4.94. The molecule has 174 valence electrons. The number of ether oxygens (including phenoxy) is 1. The summed E-state index contributed by atoms with van der Waals surface area (Å²) < 4.78 is 5.37. The first-order chi connectivity index (χ1) is 16.6. The summed E-state index contributed by atoms with van der Waals surface area (Å²) in [6.07, 6.45) is 0.722. The molecule has 0 fully saturated rings. The van der Waals surface area contributed by atoms with Crippen molar-refractivity contribution in [1.29, 1.82) is 0 Å². The summed E-state index contributed by atoms with van der Waals surface area (Å²) in [6.45, 7) is 1.02. The molecular weight excluding hydrogens is 466 g/mol. The molecule has 0 saturated heterocycles. The summed E-state index contributed by atoms with van der Waals surface area (Å²) in [5.41, 5.74) is 8.97. The van der Waals surface area contributed by atoms with Gasteiger partial charge in [-0.1, -0.05) is 48.5 Å². The molecule has 34 heavy (non-hydrogen) atoms. The molecule has 0 saturated carbocycles. The van der Waals surface area contributed by atoms with Gasteiger partial charge in [-0.25, -0.2) is 4.98 Å². The monoisotopic (exact) mass is 491 g/mol. The highest BCUT2D eigenvalue weighted by molar-refractivity contribution is 7.18. The second-order valence-electron chi connectivity index (χ2n) is 7.32. The summed E-state index contributed by atoms with van der Waals surface area (Å²) >= 11 is 2.84. The van der Waals surface area contributed by atoms with Gasteiger partial charge in [0.2, 0.25) is 0 Å². The number of nitrogens with zero attached hydrogens (tertiary/aromatic N) is 2. The fraction of sp³-hybridized carbons (Fsp3) is 0.160. The number of guanidine groups is 1. The van der Waals surface area contributed by atoms with Gasteiger partial charge in [0.15, 0.2) is 11.1 Å². The summed E-state index contributed by atoms with van der Waals surface area (Å²) in [5, 5.41) is 8.58. The highest BCUT2D eigenvalue weighted by atomic mass is 32.1. The second-order valence-corrected chi connectivity index (χ2v) is 9.27. The van der Waals surface area contributed by atoms with Gasteiger partial charge in [0.1, 0.15) is 5.75 Å². The van der Waals surface area contributed by atoms with Crippen molar-refractivity contribution in [2.24, 2.45) is 10.7 Å². The molecule has 0 aliphatic heterocycles. The lowest BCUT2D eigenvalue weighted by Crippen LogP contribution is -2.23. The van der Waals surface area contributed by atoms with Crippen molar-refractivity contribution in [3.8, 4) is 16.3 Å². The molecule has 4 N–H and O–H groups in total. The molecule has 0 radical (unpaired) electrons. The quantitative estimate of drug-likeness (QED) is 0.231. The van der Waals surface area contributed by atoms with Crippen molar-refractivity contribution < 1.29 is 9.53 Å². The van der Waals surface area contributed by atoms with Crippen LogP contribution in [0.2, 0.25) is 0 Å². The smallest absolute Gasteiger partial charge is 0.261 e. The van der Waals surface area contributed by atoms with E-state index >= 15 is 0 Å². The number of methoxy groups -OCH3 is 1. The van der Waals surface area contributed by atoms with Gasteiger partial charge < -0.3 is 21.1 Å². The number of rotatable bonds is 9. The van der Waals surface area contributed by atoms with Gasteiger partial charge >= 0.3 is 0 Å². The van der Waals surface area contributed by atoms with E-state index in [1.165, 1.54) is 22.7 Å². The molecule has 2 aromatic heterocycles. The first kappa shape index (κ1) is 23.5. The highest BCUT2D eigenvalue weighted by Crippen LogP contribution is 2.30. The van der Waals surface area contributed by atoms with Gasteiger partial charge in [-0.05, 0) is 35.7 Å². The number of aliphatic imine (C=N–C) groups is 1. The Bertz CT molecular complexity index is 1270. The van der Waals surface area contributed by atoms with Crippen molar-refractivity contribution in [1.82, 2.24) is 10.3 Å².